The van der Waals surface area contributed by atoms with Crippen LogP contribution in [0.25, 0.3) is 22.3 Å². The second kappa shape index (κ2) is 25.7. The predicted octanol–water partition coefficient (Wildman–Crippen LogP) is 3.72. The fourth-order valence-electron chi connectivity index (χ4n) is 11.5. The van der Waals surface area contributed by atoms with E-state index in [1.54, 1.807) is 57.2 Å². The van der Waals surface area contributed by atoms with Crippen LogP contribution in [0.5, 0.6) is 0 Å². The Morgan fingerprint density at radius 3 is 2.35 bits per heavy atom. The molecule has 5 heterocycles. The molecular weight excluding hydrogens is 1050 g/mol. The topological polar surface area (TPSA) is 298 Å². The SMILES string of the molecule is CC[C@@]1(O)C(=O)OCc2c1cc1n(c2=O)Cc2c-1nc1cc(F)c(C)c3c1c2C(NC(=O)CNC(=O)[C@@H](CC(=O)CNC(=O)CCC(=O)CN(CCCC(=O)CCCCCN1C(=O)CC(C)C1=O)CC(=O)O)Cc1ccccc1)CC3. The molecule has 4 atom stereocenters. The molecule has 1 fully saturated rings. The molecule has 8 rings (SSSR count). The third-order valence-electron chi connectivity index (χ3n) is 15.9. The Hall–Kier alpha value is -7.85. The van der Waals surface area contributed by atoms with E-state index in [4.69, 9.17) is 9.72 Å². The van der Waals surface area contributed by atoms with Crippen LogP contribution in [0.3, 0.4) is 0 Å². The molecule has 2 unspecified atom stereocenters. The van der Waals surface area contributed by atoms with Gasteiger partial charge >= 0.3 is 11.9 Å². The van der Waals surface area contributed by atoms with E-state index in [9.17, 15) is 63.0 Å². The van der Waals surface area contributed by atoms with Gasteiger partial charge in [-0.2, -0.15) is 0 Å². The molecule has 4 aromatic rings. The van der Waals surface area contributed by atoms with Crippen molar-refractivity contribution in [1.29, 1.82) is 0 Å². The standard InChI is InChI=1S/C59H68FN7O14/c1-4-59(80)43-25-47-54-41(30-67(47)57(78)42(43)32-81-58(59)79)53-45(18-17-40-34(3)44(60)26-46(64-54)52(40)53)63-49(72)28-62-55(76)36(23-35-12-7-5-8-13-35)24-39(70)27-61-48(71)19-16-38(69)29-65(31-51(74)75)20-11-15-37(68)14-9-6-10-21-66-50(73)22-33(2)56(66)77/h5,7-8,12-13,25-26,33,36,45,80H,4,6,9-11,14-24,27-32H2,1-3H3,(H,61,71)(H,62,76)(H,63,72)(H,74,75)/t33?,36-,45?,59+/m1/s1. The minimum atomic E-state index is -2.07. The lowest BCUT2D eigenvalue weighted by Crippen LogP contribution is -2.44. The van der Waals surface area contributed by atoms with Crippen LogP contribution in [-0.4, -0.2) is 128 Å². The smallest absolute Gasteiger partial charge is 0.343 e. The number of ether oxygens (including phenoxy) is 1. The van der Waals surface area contributed by atoms with Crippen molar-refractivity contribution in [2.45, 2.75) is 135 Å². The summed E-state index contributed by atoms with van der Waals surface area (Å²) in [5, 5.41) is 29.7. The zero-order valence-electron chi connectivity index (χ0n) is 45.8. The molecule has 2 aromatic carbocycles. The van der Waals surface area contributed by atoms with Crippen molar-refractivity contribution in [3.05, 3.63) is 97.6 Å². The number of pyridine rings is 2. The maximum atomic E-state index is 15.5. The number of amides is 5. The number of nitrogens with one attached hydrogen (secondary N) is 3. The molecule has 22 heteroatoms. The molecule has 2 aromatic heterocycles. The Balaban J connectivity index is 0.830. The number of cyclic esters (lactones) is 1. The Kier molecular flexibility index (Phi) is 18.8. The minimum Gasteiger partial charge on any atom is -0.480 e. The number of halogens is 1. The number of likely N-dealkylation sites (tertiary alicyclic amines) is 1. The number of carbonyl (C=O) groups excluding carboxylic acids is 9. The molecule has 4 aliphatic rings. The number of carbonyl (C=O) groups is 10. The molecule has 0 saturated carbocycles. The third-order valence-corrected chi connectivity index (χ3v) is 15.9. The average molecular weight is 1120 g/mol. The number of aryl methyl sites for hydroxylation is 1. The second-order valence-electron chi connectivity index (χ2n) is 21.7. The van der Waals surface area contributed by atoms with Crippen LogP contribution >= 0.6 is 0 Å². The van der Waals surface area contributed by atoms with Crippen molar-refractivity contribution in [3.63, 3.8) is 0 Å². The van der Waals surface area contributed by atoms with Gasteiger partial charge in [-0.1, -0.05) is 50.6 Å². The lowest BCUT2D eigenvalue weighted by atomic mass is 9.81. The summed E-state index contributed by atoms with van der Waals surface area (Å²) >= 11 is 0. The van der Waals surface area contributed by atoms with Gasteiger partial charge in [0.15, 0.2) is 11.4 Å². The molecule has 81 heavy (non-hydrogen) atoms. The van der Waals surface area contributed by atoms with Crippen molar-refractivity contribution >= 4 is 69.7 Å². The number of ketones is 3. The van der Waals surface area contributed by atoms with Crippen molar-refractivity contribution in [2.75, 3.05) is 39.3 Å². The summed E-state index contributed by atoms with van der Waals surface area (Å²) in [6.45, 7) is 3.48. The van der Waals surface area contributed by atoms with Crippen LogP contribution in [0.1, 0.15) is 136 Å². The number of hydrogen-bond acceptors (Lipinski definition) is 15. The highest BCUT2D eigenvalue weighted by Gasteiger charge is 2.46. The normalized spacial score (nSPS) is 18.2. The maximum absolute atomic E-state index is 15.5. The number of Topliss-reactive ketones (excluding diaryl/α,β-unsaturated/α-hetero) is 3. The summed E-state index contributed by atoms with van der Waals surface area (Å²) in [4.78, 5) is 150. The van der Waals surface area contributed by atoms with Gasteiger partial charge in [0.25, 0.3) is 5.56 Å². The molecule has 1 aliphatic carbocycles. The summed E-state index contributed by atoms with van der Waals surface area (Å²) in [6.07, 6.45) is 2.72. The van der Waals surface area contributed by atoms with Crippen LogP contribution in [0.15, 0.2) is 47.3 Å². The Morgan fingerprint density at radius 1 is 0.877 bits per heavy atom. The third kappa shape index (κ3) is 13.5. The number of aliphatic hydroxyl groups is 1. The first-order chi connectivity index (χ1) is 38.7. The fraction of sp³-hybridized carbons (Fsp3) is 0.492. The summed E-state index contributed by atoms with van der Waals surface area (Å²) < 4.78 is 22.2. The van der Waals surface area contributed by atoms with E-state index in [0.29, 0.717) is 96.0 Å². The number of aromatic nitrogens is 2. The molecule has 1 saturated heterocycles. The first-order valence-corrected chi connectivity index (χ1v) is 27.7. The van der Waals surface area contributed by atoms with Gasteiger partial charge in [0, 0.05) is 79.5 Å². The van der Waals surface area contributed by atoms with Crippen molar-refractivity contribution < 1.29 is 67.3 Å². The highest BCUT2D eigenvalue weighted by atomic mass is 19.1. The predicted molar refractivity (Wildman–Crippen MR) is 289 cm³/mol. The maximum Gasteiger partial charge on any atom is 0.343 e. The van der Waals surface area contributed by atoms with Gasteiger partial charge in [-0.3, -0.25) is 57.7 Å². The van der Waals surface area contributed by atoms with Crippen LogP contribution in [-0.2, 0) is 84.3 Å². The molecule has 430 valence electrons. The highest BCUT2D eigenvalue weighted by Crippen LogP contribution is 2.46. The van der Waals surface area contributed by atoms with Crippen molar-refractivity contribution in [1.82, 2.24) is 35.3 Å². The number of esters is 1. The molecule has 5 N–H and O–H groups in total. The number of nitrogens with zero attached hydrogens (tertiary/aromatic N) is 4. The molecule has 21 nitrogen and oxygen atoms in total. The molecule has 3 aliphatic heterocycles. The van der Waals surface area contributed by atoms with E-state index in [1.165, 1.54) is 20.4 Å². The van der Waals surface area contributed by atoms with Crippen molar-refractivity contribution in [2.24, 2.45) is 11.8 Å². The minimum absolute atomic E-state index is 0.0282. The number of hydrogen-bond donors (Lipinski definition) is 5. The average Bonchev–Trinajstić information content (AvgIpc) is 3.96. The van der Waals surface area contributed by atoms with Gasteiger partial charge in [-0.15, -0.1) is 0 Å². The van der Waals surface area contributed by atoms with Gasteiger partial charge in [0.1, 0.15) is 24.0 Å². The summed E-state index contributed by atoms with van der Waals surface area (Å²) in [6, 6.07) is 11.1. The Bertz CT molecular complexity index is 3270. The lowest BCUT2D eigenvalue weighted by molar-refractivity contribution is -0.172. The summed E-state index contributed by atoms with van der Waals surface area (Å²) in [5.74, 6) is -6.89. The summed E-state index contributed by atoms with van der Waals surface area (Å²) in [5.41, 5.74) is 1.71. The highest BCUT2D eigenvalue weighted by molar-refractivity contribution is 6.03. The number of unbranched alkanes of at least 4 members (excludes halogenated alkanes) is 2. The number of fused-ring (bicyclic) bond motifs is 5. The molecule has 0 bridgehead atoms. The zero-order valence-corrected chi connectivity index (χ0v) is 45.8. The lowest BCUT2D eigenvalue weighted by Gasteiger charge is -2.31. The van der Waals surface area contributed by atoms with E-state index >= 15 is 4.39 Å². The van der Waals surface area contributed by atoms with Gasteiger partial charge in [0.2, 0.25) is 29.5 Å². The fourth-order valence-corrected chi connectivity index (χ4v) is 11.5. The number of rotatable bonds is 28. The number of benzene rings is 2. The first-order valence-electron chi connectivity index (χ1n) is 27.7. The van der Waals surface area contributed by atoms with E-state index in [1.807, 2.05) is 0 Å². The van der Waals surface area contributed by atoms with Gasteiger partial charge < -0.3 is 35.5 Å². The largest absolute Gasteiger partial charge is 0.480 e. The van der Waals surface area contributed by atoms with Crippen LogP contribution in [0.2, 0.25) is 0 Å². The van der Waals surface area contributed by atoms with Crippen LogP contribution < -0.4 is 21.5 Å². The Morgan fingerprint density at radius 2 is 1.63 bits per heavy atom. The molecule has 0 radical (unpaired) electrons. The van der Waals surface area contributed by atoms with E-state index in [-0.39, 0.29) is 106 Å². The number of imide groups is 1. The molecular formula is C59H68FN7O14. The van der Waals surface area contributed by atoms with E-state index in [0.717, 1.165) is 5.56 Å². The van der Waals surface area contributed by atoms with Crippen molar-refractivity contribution in [3.8, 4) is 11.4 Å². The van der Waals surface area contributed by atoms with Gasteiger partial charge in [-0.05, 0) is 86.7 Å². The van der Waals surface area contributed by atoms with Gasteiger partial charge in [-0.25, -0.2) is 14.2 Å². The summed E-state index contributed by atoms with van der Waals surface area (Å²) in [7, 11) is 0. The van der Waals surface area contributed by atoms with E-state index < -0.39 is 89.8 Å². The van der Waals surface area contributed by atoms with Crippen LogP contribution in [0.4, 0.5) is 4.39 Å². The number of carboxylic acid groups (broad SMARTS) is 1. The second-order valence-corrected chi connectivity index (χ2v) is 21.7. The number of aliphatic carboxylic acids is 1. The molecule has 0 spiro atoms. The monoisotopic (exact) mass is 1120 g/mol. The molecule has 5 amide bonds. The Labute approximate surface area is 466 Å². The van der Waals surface area contributed by atoms with Gasteiger partial charge in [0.05, 0.1) is 61.2 Å². The zero-order chi connectivity index (χ0) is 58.3. The quantitative estimate of drug-likeness (QED) is 0.0271. The number of carboxylic acids is 1. The first kappa shape index (κ1) is 59.3. The van der Waals surface area contributed by atoms with Crippen LogP contribution in [0, 0.1) is 24.6 Å². The van der Waals surface area contributed by atoms with E-state index in [2.05, 4.69) is 16.0 Å².